The highest BCUT2D eigenvalue weighted by molar-refractivity contribution is 7.19. The van der Waals surface area contributed by atoms with Gasteiger partial charge in [0.05, 0.1) is 32.8 Å². The zero-order chi connectivity index (χ0) is 41.6. The van der Waals surface area contributed by atoms with Crippen LogP contribution in [0.3, 0.4) is 0 Å². The first-order valence-electron chi connectivity index (χ1n) is 21.2. The van der Waals surface area contributed by atoms with Gasteiger partial charge in [0.1, 0.15) is 0 Å². The molecule has 0 saturated heterocycles. The topological polar surface area (TPSA) is 11.6 Å². The Bertz CT molecular complexity index is 3360. The summed E-state index contributed by atoms with van der Waals surface area (Å²) >= 11 is 5.65. The van der Waals surface area contributed by atoms with Gasteiger partial charge in [-0.2, -0.15) is 13.7 Å². The molecular formula is C55H48N3S3+3. The lowest BCUT2D eigenvalue weighted by Gasteiger charge is -2.19. The van der Waals surface area contributed by atoms with Gasteiger partial charge in [0.15, 0.2) is 38.2 Å². The van der Waals surface area contributed by atoms with Gasteiger partial charge in [0, 0.05) is 63.6 Å². The Labute approximate surface area is 370 Å². The van der Waals surface area contributed by atoms with Crippen LogP contribution in [0.2, 0.25) is 0 Å². The van der Waals surface area contributed by atoms with Gasteiger partial charge in [-0.1, -0.05) is 81.4 Å². The number of hydrogen-bond acceptors (Lipinski definition) is 3. The lowest BCUT2D eigenvalue weighted by atomic mass is 9.85. The van der Waals surface area contributed by atoms with Crippen LogP contribution in [0.5, 0.6) is 0 Å². The molecule has 0 bridgehead atoms. The lowest BCUT2D eigenvalue weighted by Crippen LogP contribution is -2.31. The minimum atomic E-state index is 0.211. The van der Waals surface area contributed by atoms with E-state index >= 15 is 0 Å². The van der Waals surface area contributed by atoms with Gasteiger partial charge in [-0.25, -0.2) is 0 Å². The lowest BCUT2D eigenvalue weighted by molar-refractivity contribution is -0.671. The van der Waals surface area contributed by atoms with Crippen molar-refractivity contribution in [2.45, 2.75) is 66.6 Å². The average molecular weight is 847 g/mol. The average Bonchev–Trinajstić information content (AvgIpc) is 4.10. The first-order valence-corrected chi connectivity index (χ1v) is 23.7. The van der Waals surface area contributed by atoms with E-state index in [9.17, 15) is 0 Å². The van der Waals surface area contributed by atoms with Gasteiger partial charge in [-0.05, 0) is 91.4 Å². The number of aryl methyl sites for hydroxylation is 3. The van der Waals surface area contributed by atoms with E-state index in [2.05, 4.69) is 201 Å². The van der Waals surface area contributed by atoms with E-state index in [0.717, 1.165) is 19.6 Å². The number of benzene rings is 4. The van der Waals surface area contributed by atoms with E-state index < -0.39 is 0 Å². The molecule has 4 aromatic carbocycles. The maximum absolute atomic E-state index is 2.40. The minimum Gasteiger partial charge on any atom is -0.193 e. The van der Waals surface area contributed by atoms with E-state index in [1.807, 2.05) is 34.0 Å². The second-order valence-corrected chi connectivity index (χ2v) is 21.7. The van der Waals surface area contributed by atoms with Crippen LogP contribution in [0.1, 0.15) is 57.7 Å². The predicted molar refractivity (Wildman–Crippen MR) is 258 cm³/mol. The standard InChI is InChI=1S/C21H16NS.C19H20NS.C15H12NS/c1-14-11-19-20(23-14)9-10-22-13-17-12-16(7-8-18(17)21(19)22)15-5-3-2-4-6-15;1-12-9-16-17(21-12)7-8-20-11-13-10-14(19(2,3)4)5-6-15(13)18(16)20;1-10-8-13-14(17-10)6-7-16-9-11-4-2-3-5-12(11)15(13)16/h2-12H,13H2,1H3;5-10H,11H2,1-4H3;2-8H,9H2,1H3/q3*+1. The normalized spacial score (nSPS) is 12.9. The Morgan fingerprint density at radius 2 is 0.852 bits per heavy atom. The van der Waals surface area contributed by atoms with Crippen molar-refractivity contribution in [2.75, 3.05) is 0 Å². The maximum atomic E-state index is 2.40. The van der Waals surface area contributed by atoms with Crippen LogP contribution in [-0.2, 0) is 25.0 Å². The summed E-state index contributed by atoms with van der Waals surface area (Å²) in [5.41, 5.74) is 16.9. The van der Waals surface area contributed by atoms with Crippen molar-refractivity contribution >= 4 is 64.3 Å². The smallest absolute Gasteiger partial charge is 0.193 e. The third kappa shape index (κ3) is 6.73. The second-order valence-electron chi connectivity index (χ2n) is 17.8. The van der Waals surface area contributed by atoms with Gasteiger partial charge in [0.25, 0.3) is 0 Å². The van der Waals surface area contributed by atoms with Crippen molar-refractivity contribution in [1.82, 2.24) is 0 Å². The number of pyridine rings is 3. The second kappa shape index (κ2) is 14.7. The largest absolute Gasteiger partial charge is 0.222 e. The van der Waals surface area contributed by atoms with Gasteiger partial charge >= 0.3 is 0 Å². The van der Waals surface area contributed by atoms with Gasteiger partial charge in [0.2, 0.25) is 17.1 Å². The third-order valence-electron chi connectivity index (χ3n) is 12.5. The van der Waals surface area contributed by atoms with Crippen LogP contribution >= 0.6 is 34.0 Å². The molecule has 0 aliphatic carbocycles. The minimum absolute atomic E-state index is 0.211. The zero-order valence-corrected chi connectivity index (χ0v) is 38.0. The number of nitrogens with zero attached hydrogens (tertiary/aromatic N) is 3. The molecule has 0 spiro atoms. The van der Waals surface area contributed by atoms with Crippen molar-refractivity contribution in [1.29, 1.82) is 0 Å². The molecule has 6 heteroatoms. The van der Waals surface area contributed by atoms with Crippen molar-refractivity contribution in [3.8, 4) is 44.9 Å². The summed E-state index contributed by atoms with van der Waals surface area (Å²) in [6.07, 6.45) is 6.69. The Morgan fingerprint density at radius 1 is 0.410 bits per heavy atom. The molecule has 0 radical (unpaired) electrons. The van der Waals surface area contributed by atoms with Crippen LogP contribution in [0.15, 0.2) is 146 Å². The zero-order valence-electron chi connectivity index (χ0n) is 35.5. The Kier molecular flexibility index (Phi) is 9.19. The third-order valence-corrected chi connectivity index (χ3v) is 15.5. The van der Waals surface area contributed by atoms with Crippen LogP contribution in [0.4, 0.5) is 0 Å². The summed E-state index contributed by atoms with van der Waals surface area (Å²) in [5.74, 6) is 0. The molecule has 10 aromatic rings. The fourth-order valence-electron chi connectivity index (χ4n) is 9.61. The molecule has 3 aliphatic heterocycles. The summed E-state index contributed by atoms with van der Waals surface area (Å²) in [6, 6.07) is 47.0. The number of aromatic nitrogens is 3. The number of hydrogen-bond donors (Lipinski definition) is 0. The number of thiophene rings is 3. The first-order chi connectivity index (χ1) is 29.6. The molecule has 0 saturated carbocycles. The quantitative estimate of drug-likeness (QED) is 0.146. The highest BCUT2D eigenvalue weighted by Gasteiger charge is 2.32. The summed E-state index contributed by atoms with van der Waals surface area (Å²) in [5, 5.41) is 4.20. The molecule has 61 heavy (non-hydrogen) atoms. The molecule has 9 heterocycles. The molecule has 0 unspecified atom stereocenters. The summed E-state index contributed by atoms with van der Waals surface area (Å²) in [7, 11) is 0. The number of fused-ring (bicyclic) bond motifs is 15. The van der Waals surface area contributed by atoms with E-state index in [-0.39, 0.29) is 5.41 Å². The van der Waals surface area contributed by atoms with Gasteiger partial charge < -0.3 is 0 Å². The van der Waals surface area contributed by atoms with Crippen LogP contribution in [-0.4, -0.2) is 0 Å². The molecule has 6 aromatic heterocycles. The van der Waals surface area contributed by atoms with Gasteiger partial charge in [-0.3, -0.25) is 0 Å². The molecule has 0 atom stereocenters. The number of rotatable bonds is 1. The Hall–Kier alpha value is -5.79. The Morgan fingerprint density at radius 3 is 1.38 bits per heavy atom. The highest BCUT2D eigenvalue weighted by Crippen LogP contribution is 2.40. The summed E-state index contributed by atoms with van der Waals surface area (Å²) in [4.78, 5) is 4.15. The van der Waals surface area contributed by atoms with Crippen molar-refractivity contribution in [2.24, 2.45) is 0 Å². The first kappa shape index (κ1) is 38.2. The van der Waals surface area contributed by atoms with Crippen molar-refractivity contribution in [3.63, 3.8) is 0 Å². The molecule has 13 rings (SSSR count). The summed E-state index contributed by atoms with van der Waals surface area (Å²) < 4.78 is 11.3. The molecule has 0 N–H and O–H groups in total. The maximum Gasteiger partial charge on any atom is 0.222 e. The molecule has 3 aliphatic rings. The van der Waals surface area contributed by atoms with E-state index in [1.54, 1.807) is 0 Å². The van der Waals surface area contributed by atoms with Crippen LogP contribution in [0.25, 0.3) is 75.2 Å². The molecular weight excluding hydrogens is 799 g/mol. The Balaban J connectivity index is 0.000000104. The predicted octanol–water partition coefficient (Wildman–Crippen LogP) is 13.5. The highest BCUT2D eigenvalue weighted by atomic mass is 32.1. The van der Waals surface area contributed by atoms with Crippen LogP contribution < -0.4 is 13.7 Å². The monoisotopic (exact) mass is 846 g/mol. The van der Waals surface area contributed by atoms with E-state index in [4.69, 9.17) is 0 Å². The van der Waals surface area contributed by atoms with Crippen molar-refractivity contribution in [3.05, 3.63) is 183 Å². The fraction of sp³-hybridized carbons (Fsp3) is 0.182. The van der Waals surface area contributed by atoms with E-state index in [0.29, 0.717) is 0 Å². The molecule has 0 amide bonds. The van der Waals surface area contributed by atoms with E-state index in [1.165, 1.54) is 112 Å². The SMILES string of the molecule is Cc1cc2c3[n+](ccc2s1)Cc1cc(-c2ccccc2)ccc1-3.Cc1cc2c3[n+](ccc2s1)Cc1cc(C(C)(C)C)ccc1-3.Cc1cc2c3[n+](ccc2s1)Cc1ccccc1-3. The van der Waals surface area contributed by atoms with Gasteiger partial charge in [-0.15, -0.1) is 34.0 Å². The summed E-state index contributed by atoms with van der Waals surface area (Å²) in [6.45, 7) is 16.4. The molecule has 298 valence electrons. The molecule has 3 nitrogen and oxygen atoms in total. The fourth-order valence-corrected chi connectivity index (χ4v) is 12.4. The molecule has 0 fully saturated rings. The van der Waals surface area contributed by atoms with Crippen molar-refractivity contribution < 1.29 is 13.7 Å². The van der Waals surface area contributed by atoms with Crippen LogP contribution in [0, 0.1) is 20.8 Å².